The van der Waals surface area contributed by atoms with Gasteiger partial charge in [-0.1, -0.05) is 25.1 Å². The highest BCUT2D eigenvalue weighted by molar-refractivity contribution is 8.00. The molecule has 0 saturated heterocycles. The number of rotatable bonds is 7. The Kier molecular flexibility index (Phi) is 8.73. The van der Waals surface area contributed by atoms with Crippen LogP contribution in [0.2, 0.25) is 5.02 Å². The molecule has 2 aromatic carbocycles. The van der Waals surface area contributed by atoms with Crippen LogP contribution >= 0.6 is 23.4 Å². The average Bonchev–Trinajstić information content (AvgIpc) is 2.80. The molecule has 5 N–H and O–H groups in total. The van der Waals surface area contributed by atoms with E-state index >= 15 is 0 Å². The summed E-state index contributed by atoms with van der Waals surface area (Å²) in [5, 5.41) is 44.9. The average molecular weight is 560 g/mol. The van der Waals surface area contributed by atoms with Crippen molar-refractivity contribution in [2.45, 2.75) is 67.2 Å². The first-order valence-electron chi connectivity index (χ1n) is 11.5. The summed E-state index contributed by atoms with van der Waals surface area (Å²) in [4.78, 5) is 13.2. The first kappa shape index (κ1) is 29.5. The van der Waals surface area contributed by atoms with Crippen LogP contribution in [-0.4, -0.2) is 55.0 Å². The van der Waals surface area contributed by atoms with Crippen molar-refractivity contribution in [1.29, 1.82) is 0 Å². The maximum Gasteiger partial charge on any atom is 0.255 e. The number of hydrogen-bond acceptors (Lipinski definition) is 6. The number of carbonyl (C=O) groups is 1. The van der Waals surface area contributed by atoms with Crippen molar-refractivity contribution in [3.63, 3.8) is 0 Å². The van der Waals surface area contributed by atoms with Crippen LogP contribution in [0.25, 0.3) is 0 Å². The van der Waals surface area contributed by atoms with Crippen molar-refractivity contribution >= 4 is 35.0 Å². The Bertz CT molecular complexity index is 1180. The van der Waals surface area contributed by atoms with Crippen LogP contribution in [0.3, 0.4) is 0 Å². The van der Waals surface area contributed by atoms with Crippen LogP contribution in [-0.2, 0) is 0 Å². The van der Waals surface area contributed by atoms with E-state index in [-0.39, 0.29) is 28.5 Å². The first-order chi connectivity index (χ1) is 17.0. The number of anilines is 1. The zero-order chi connectivity index (χ0) is 27.9. The van der Waals surface area contributed by atoms with Gasteiger partial charge in [0.1, 0.15) is 17.8 Å². The van der Waals surface area contributed by atoms with Crippen molar-refractivity contribution in [3.05, 3.63) is 70.5 Å². The molecule has 0 heterocycles. The van der Waals surface area contributed by atoms with Crippen LogP contribution < -0.4 is 5.32 Å². The maximum absolute atomic E-state index is 13.5. The molecule has 1 aliphatic carbocycles. The summed E-state index contributed by atoms with van der Waals surface area (Å²) >= 11 is 7.67. The molecule has 0 aromatic heterocycles. The number of aliphatic hydroxyl groups excluding tert-OH is 2. The predicted molar refractivity (Wildman–Crippen MR) is 136 cm³/mol. The van der Waals surface area contributed by atoms with Gasteiger partial charge in [-0.2, -0.15) is 0 Å². The lowest BCUT2D eigenvalue weighted by Gasteiger charge is -2.48. The van der Waals surface area contributed by atoms with E-state index in [9.17, 15) is 38.4 Å². The molecule has 6 nitrogen and oxygen atoms in total. The monoisotopic (exact) mass is 559 g/mol. The fourth-order valence-electron chi connectivity index (χ4n) is 4.41. The number of amides is 1. The van der Waals surface area contributed by atoms with Crippen molar-refractivity contribution in [2.24, 2.45) is 5.92 Å². The number of benzene rings is 2. The highest BCUT2D eigenvalue weighted by Crippen LogP contribution is 2.47. The van der Waals surface area contributed by atoms with Gasteiger partial charge in [0.05, 0.1) is 10.6 Å². The zero-order valence-corrected chi connectivity index (χ0v) is 22.0. The summed E-state index contributed by atoms with van der Waals surface area (Å²) in [5.41, 5.74) is -3.32. The number of hydrogen-bond donors (Lipinski definition) is 5. The first-order valence-corrected chi connectivity index (χ1v) is 12.7. The van der Waals surface area contributed by atoms with Crippen LogP contribution in [0.5, 0.6) is 0 Å². The summed E-state index contributed by atoms with van der Waals surface area (Å²) in [5.74, 6) is -5.75. The topological polar surface area (TPSA) is 110 Å². The van der Waals surface area contributed by atoms with Gasteiger partial charge in [-0.25, -0.2) is 13.2 Å². The number of aliphatic hydroxyl groups is 4. The van der Waals surface area contributed by atoms with E-state index in [1.165, 1.54) is 43.8 Å². The highest BCUT2D eigenvalue weighted by atomic mass is 35.5. The molecule has 3 unspecified atom stereocenters. The molecule has 1 amide bonds. The van der Waals surface area contributed by atoms with Gasteiger partial charge in [-0.3, -0.25) is 4.79 Å². The van der Waals surface area contributed by atoms with E-state index in [4.69, 9.17) is 11.6 Å². The molecule has 1 aliphatic rings. The molecule has 11 heteroatoms. The summed E-state index contributed by atoms with van der Waals surface area (Å²) in [6.07, 6.45) is -2.65. The molecule has 0 bridgehead atoms. The van der Waals surface area contributed by atoms with Crippen LogP contribution in [0.1, 0.15) is 44.0 Å². The lowest BCUT2D eigenvalue weighted by atomic mass is 9.67. The molecule has 3 rings (SSSR count). The third kappa shape index (κ3) is 6.16. The van der Waals surface area contributed by atoms with Crippen LogP contribution in [0.15, 0.2) is 47.4 Å². The SMILES string of the molecule is C=C1C[C@H](Sc2cc(C(=O)Nc3cc(F)c(F)c(F)c3)ccc2Cl)CC(C)[C@]1(O)C(O)C(O)C(C)(C)O. The Balaban J connectivity index is 1.76. The predicted octanol–water partition coefficient (Wildman–Crippen LogP) is 4.68. The molecule has 0 aliphatic heterocycles. The smallest absolute Gasteiger partial charge is 0.255 e. The molecule has 37 heavy (non-hydrogen) atoms. The second kappa shape index (κ2) is 11.0. The van der Waals surface area contributed by atoms with Gasteiger partial charge in [0.15, 0.2) is 17.5 Å². The number of nitrogens with one attached hydrogen (secondary N) is 1. The van der Waals surface area contributed by atoms with E-state index in [2.05, 4.69) is 11.9 Å². The molecule has 1 fully saturated rings. The Morgan fingerprint density at radius 3 is 2.35 bits per heavy atom. The lowest BCUT2D eigenvalue weighted by molar-refractivity contribution is -0.181. The van der Waals surface area contributed by atoms with Crippen molar-refractivity contribution in [2.75, 3.05) is 5.32 Å². The largest absolute Gasteiger partial charge is 0.388 e. The summed E-state index contributed by atoms with van der Waals surface area (Å²) in [6.45, 7) is 8.28. The van der Waals surface area contributed by atoms with Gasteiger partial charge >= 0.3 is 0 Å². The van der Waals surface area contributed by atoms with Gasteiger partial charge in [0.2, 0.25) is 0 Å². The third-order valence-corrected chi connectivity index (χ3v) is 8.34. The number of halogens is 4. The van der Waals surface area contributed by atoms with Gasteiger partial charge in [-0.05, 0) is 56.4 Å². The molecule has 0 radical (unpaired) electrons. The molecule has 2 aromatic rings. The fraction of sp³-hybridized carbons (Fsp3) is 0.423. The van der Waals surface area contributed by atoms with E-state index in [0.717, 1.165) is 0 Å². The molecule has 202 valence electrons. The minimum atomic E-state index is -1.83. The van der Waals surface area contributed by atoms with E-state index < -0.39 is 52.7 Å². The zero-order valence-electron chi connectivity index (χ0n) is 20.4. The summed E-state index contributed by atoms with van der Waals surface area (Å²) in [6, 6.07) is 5.75. The number of carbonyl (C=O) groups excluding carboxylic acids is 1. The molecular formula is C26H29ClF3NO5S. The Labute approximate surface area is 222 Å². The Hall–Kier alpha value is -2.08. The second-order valence-corrected chi connectivity index (χ2v) is 11.7. The molecule has 0 spiro atoms. The van der Waals surface area contributed by atoms with Crippen molar-refractivity contribution < 1.29 is 38.4 Å². The van der Waals surface area contributed by atoms with E-state index in [1.807, 2.05) is 0 Å². The van der Waals surface area contributed by atoms with Gasteiger partial charge in [0, 0.05) is 33.5 Å². The maximum atomic E-state index is 13.5. The van der Waals surface area contributed by atoms with Crippen molar-refractivity contribution in [3.8, 4) is 0 Å². The van der Waals surface area contributed by atoms with E-state index in [0.29, 0.717) is 28.5 Å². The molecule has 5 atom stereocenters. The normalized spacial score (nSPS) is 24.0. The summed E-state index contributed by atoms with van der Waals surface area (Å²) < 4.78 is 40.2. The van der Waals surface area contributed by atoms with Crippen molar-refractivity contribution in [1.82, 2.24) is 0 Å². The Morgan fingerprint density at radius 2 is 1.81 bits per heavy atom. The Morgan fingerprint density at radius 1 is 1.22 bits per heavy atom. The quantitative estimate of drug-likeness (QED) is 0.249. The highest BCUT2D eigenvalue weighted by Gasteiger charge is 2.52. The minimum absolute atomic E-state index is 0.139. The van der Waals surface area contributed by atoms with Gasteiger partial charge < -0.3 is 25.7 Å². The standard InChI is InChI=1S/C26H29ClF3NO5S/c1-12-7-16(8-13(2)26(12,36)23(33)22(32)25(3,4)35)37-20-9-14(5-6-17(20)27)24(34)31-15-10-18(28)21(30)19(29)11-15/h5-6,9-11,13,16,22-23,32-33,35-36H,1,7-8H2,2-4H3,(H,31,34)/t13?,16-,22?,23?,26-/m0/s1. The fourth-order valence-corrected chi connectivity index (χ4v) is 6.06. The third-order valence-electron chi connectivity index (χ3n) is 6.61. The second-order valence-electron chi connectivity index (χ2n) is 9.91. The molecular weight excluding hydrogens is 531 g/mol. The number of thioether (sulfide) groups is 1. The van der Waals surface area contributed by atoms with Gasteiger partial charge in [0.25, 0.3) is 5.91 Å². The van der Waals surface area contributed by atoms with Crippen LogP contribution in [0.4, 0.5) is 18.9 Å². The summed E-state index contributed by atoms with van der Waals surface area (Å²) in [7, 11) is 0. The molecule has 1 saturated carbocycles. The minimum Gasteiger partial charge on any atom is -0.388 e. The van der Waals surface area contributed by atoms with E-state index in [1.54, 1.807) is 6.92 Å². The lowest BCUT2D eigenvalue weighted by Crippen LogP contribution is -2.61. The van der Waals surface area contributed by atoms with Crippen LogP contribution in [0, 0.1) is 23.4 Å². The van der Waals surface area contributed by atoms with Gasteiger partial charge in [-0.15, -0.1) is 11.8 Å².